The molecule has 0 aromatic carbocycles. The molecule has 0 aliphatic heterocycles. The average Bonchev–Trinajstić information content (AvgIpc) is 2.96. The Kier molecular flexibility index (Phi) is 4.84. The minimum atomic E-state index is 0.319. The molecule has 0 saturated carbocycles. The fraction of sp³-hybridized carbons (Fsp3) is 0.429. The first-order valence-corrected chi connectivity index (χ1v) is 8.21. The summed E-state index contributed by atoms with van der Waals surface area (Å²) in [6.45, 7) is 4.26. The van der Waals surface area contributed by atoms with Crippen LogP contribution in [0.3, 0.4) is 0 Å². The maximum atomic E-state index is 6.35. The second-order valence-electron chi connectivity index (χ2n) is 4.36. The summed E-state index contributed by atoms with van der Waals surface area (Å²) in [6.07, 6.45) is 2.13. The predicted octanol–water partition coefficient (Wildman–Crippen LogP) is 4.84. The molecule has 2 rings (SSSR count). The smallest absolute Gasteiger partial charge is 0.0590 e. The maximum Gasteiger partial charge on any atom is 0.0590 e. The number of thiophene rings is 2. The first-order valence-electron chi connectivity index (χ1n) is 6.14. The van der Waals surface area contributed by atoms with Crippen molar-refractivity contribution in [3.63, 3.8) is 0 Å². The van der Waals surface area contributed by atoms with Crippen LogP contribution >= 0.6 is 34.3 Å². The van der Waals surface area contributed by atoms with Gasteiger partial charge in [-0.15, -0.1) is 22.7 Å². The summed E-state index contributed by atoms with van der Waals surface area (Å²) in [4.78, 5) is 4.13. The van der Waals surface area contributed by atoms with Gasteiger partial charge in [-0.3, -0.25) is 0 Å². The van der Waals surface area contributed by atoms with Gasteiger partial charge >= 0.3 is 0 Å². The van der Waals surface area contributed by atoms with E-state index in [1.54, 1.807) is 11.3 Å². The van der Waals surface area contributed by atoms with Crippen molar-refractivity contribution in [3.8, 4) is 0 Å². The van der Waals surface area contributed by atoms with Gasteiger partial charge in [-0.25, -0.2) is 0 Å². The Bertz CT molecular complexity index is 516. The number of halogens is 1. The van der Waals surface area contributed by atoms with E-state index in [0.717, 1.165) is 17.9 Å². The van der Waals surface area contributed by atoms with Gasteiger partial charge < -0.3 is 5.32 Å². The number of hydrogen-bond donors (Lipinski definition) is 1. The Morgan fingerprint density at radius 1 is 1.33 bits per heavy atom. The van der Waals surface area contributed by atoms with Crippen molar-refractivity contribution in [3.05, 3.63) is 42.7 Å². The Balaban J connectivity index is 2.16. The Labute approximate surface area is 122 Å². The van der Waals surface area contributed by atoms with Crippen molar-refractivity contribution < 1.29 is 0 Å². The maximum absolute atomic E-state index is 6.35. The van der Waals surface area contributed by atoms with Crippen LogP contribution in [0.2, 0.25) is 5.02 Å². The highest BCUT2D eigenvalue weighted by Gasteiger charge is 2.17. The van der Waals surface area contributed by atoms with Crippen LogP contribution in [0.1, 0.15) is 33.2 Å². The first kappa shape index (κ1) is 14.1. The molecule has 98 valence electrons. The van der Waals surface area contributed by atoms with Gasteiger partial charge in [0, 0.05) is 27.1 Å². The summed E-state index contributed by atoms with van der Waals surface area (Å²) in [5.41, 5.74) is 1.18. The van der Waals surface area contributed by atoms with E-state index in [2.05, 4.69) is 36.7 Å². The average molecular weight is 300 g/mol. The molecule has 1 N–H and O–H groups in total. The van der Waals surface area contributed by atoms with E-state index in [0.29, 0.717) is 6.04 Å². The van der Waals surface area contributed by atoms with Crippen LogP contribution in [0.5, 0.6) is 0 Å². The van der Waals surface area contributed by atoms with Gasteiger partial charge in [0.15, 0.2) is 0 Å². The molecule has 1 nitrogen and oxygen atoms in total. The summed E-state index contributed by atoms with van der Waals surface area (Å²) in [5.74, 6) is 0. The van der Waals surface area contributed by atoms with Crippen LogP contribution < -0.4 is 5.32 Å². The standard InChI is InChI=1S/C14H18ClNS2/c1-4-10-5-6-11(18-10)7-12(16-3)14-13(15)9(2)8-17-14/h5-6,8,12,16H,4,7H2,1-3H3. The van der Waals surface area contributed by atoms with Crippen molar-refractivity contribution in [2.24, 2.45) is 0 Å². The molecule has 0 bridgehead atoms. The molecule has 2 heterocycles. The van der Waals surface area contributed by atoms with Crippen molar-refractivity contribution in [1.29, 1.82) is 0 Å². The largest absolute Gasteiger partial charge is 0.312 e. The number of nitrogens with one attached hydrogen (secondary N) is 1. The Morgan fingerprint density at radius 3 is 2.56 bits per heavy atom. The van der Waals surface area contributed by atoms with Crippen molar-refractivity contribution in [2.75, 3.05) is 7.05 Å². The lowest BCUT2D eigenvalue weighted by atomic mass is 10.1. The molecule has 0 saturated heterocycles. The second-order valence-corrected chi connectivity index (χ2v) is 6.91. The summed E-state index contributed by atoms with van der Waals surface area (Å²) in [6, 6.07) is 4.79. The normalized spacial score (nSPS) is 12.9. The van der Waals surface area contributed by atoms with E-state index in [-0.39, 0.29) is 0 Å². The van der Waals surface area contributed by atoms with Crippen LogP contribution in [0.15, 0.2) is 17.5 Å². The fourth-order valence-electron chi connectivity index (χ4n) is 1.93. The van der Waals surface area contributed by atoms with Crippen molar-refractivity contribution in [1.82, 2.24) is 5.32 Å². The van der Waals surface area contributed by atoms with Gasteiger partial charge in [0.25, 0.3) is 0 Å². The fourth-order valence-corrected chi connectivity index (χ4v) is 4.37. The summed E-state index contributed by atoms with van der Waals surface area (Å²) < 4.78 is 0. The van der Waals surface area contributed by atoms with Crippen LogP contribution in [0.25, 0.3) is 0 Å². The molecule has 4 heteroatoms. The molecule has 1 atom stereocenters. The third-order valence-corrected chi connectivity index (χ3v) is 6.14. The van der Waals surface area contributed by atoms with Crippen molar-refractivity contribution in [2.45, 2.75) is 32.7 Å². The molecular weight excluding hydrogens is 282 g/mol. The second kappa shape index (κ2) is 6.20. The number of hydrogen-bond acceptors (Lipinski definition) is 3. The predicted molar refractivity (Wildman–Crippen MR) is 83.3 cm³/mol. The minimum Gasteiger partial charge on any atom is -0.312 e. The zero-order chi connectivity index (χ0) is 13.1. The van der Waals surface area contributed by atoms with Gasteiger partial charge in [0.1, 0.15) is 0 Å². The van der Waals surface area contributed by atoms with E-state index < -0.39 is 0 Å². The van der Waals surface area contributed by atoms with Gasteiger partial charge in [-0.1, -0.05) is 18.5 Å². The topological polar surface area (TPSA) is 12.0 Å². The summed E-state index contributed by atoms with van der Waals surface area (Å²) in [5, 5.41) is 6.44. The lowest BCUT2D eigenvalue weighted by Crippen LogP contribution is -2.17. The molecule has 2 aromatic rings. The molecule has 2 aromatic heterocycles. The first-order chi connectivity index (χ1) is 8.65. The lowest BCUT2D eigenvalue weighted by Gasteiger charge is -2.14. The van der Waals surface area contributed by atoms with E-state index in [1.807, 2.05) is 18.4 Å². The van der Waals surface area contributed by atoms with E-state index in [1.165, 1.54) is 20.2 Å². The highest BCUT2D eigenvalue weighted by Crippen LogP contribution is 2.34. The molecule has 0 aliphatic carbocycles. The molecule has 0 amide bonds. The Hall–Kier alpha value is -0.350. The van der Waals surface area contributed by atoms with E-state index in [9.17, 15) is 0 Å². The molecule has 0 radical (unpaired) electrons. The quantitative estimate of drug-likeness (QED) is 0.833. The number of likely N-dealkylation sites (N-methyl/N-ethyl adjacent to an activating group) is 1. The SMILES string of the molecule is CCc1ccc(CC(NC)c2scc(C)c2Cl)s1. The molecular formula is C14H18ClNS2. The third kappa shape index (κ3) is 2.97. The van der Waals surface area contributed by atoms with Gasteiger partial charge in [0.2, 0.25) is 0 Å². The number of aryl methyl sites for hydroxylation is 2. The summed E-state index contributed by atoms with van der Waals surface area (Å²) in [7, 11) is 2.00. The summed E-state index contributed by atoms with van der Waals surface area (Å²) >= 11 is 10.0. The van der Waals surface area contributed by atoms with Crippen LogP contribution in [-0.4, -0.2) is 7.05 Å². The molecule has 1 unspecified atom stereocenters. The minimum absolute atomic E-state index is 0.319. The van der Waals surface area contributed by atoms with Crippen LogP contribution in [0, 0.1) is 6.92 Å². The van der Waals surface area contributed by atoms with Gasteiger partial charge in [0.05, 0.1) is 5.02 Å². The van der Waals surface area contributed by atoms with E-state index >= 15 is 0 Å². The zero-order valence-corrected chi connectivity index (χ0v) is 13.3. The molecule has 0 spiro atoms. The van der Waals surface area contributed by atoms with E-state index in [4.69, 9.17) is 11.6 Å². The van der Waals surface area contributed by atoms with Crippen LogP contribution in [0.4, 0.5) is 0 Å². The monoisotopic (exact) mass is 299 g/mol. The van der Waals surface area contributed by atoms with Crippen molar-refractivity contribution >= 4 is 34.3 Å². The zero-order valence-electron chi connectivity index (χ0n) is 10.9. The molecule has 0 fully saturated rings. The van der Waals surface area contributed by atoms with Gasteiger partial charge in [-0.2, -0.15) is 0 Å². The third-order valence-electron chi connectivity index (χ3n) is 3.06. The van der Waals surface area contributed by atoms with Crippen LogP contribution in [-0.2, 0) is 12.8 Å². The lowest BCUT2D eigenvalue weighted by molar-refractivity contribution is 0.607. The Morgan fingerprint density at radius 2 is 2.06 bits per heavy atom. The molecule has 0 aliphatic rings. The molecule has 18 heavy (non-hydrogen) atoms. The van der Waals surface area contributed by atoms with Gasteiger partial charge in [-0.05, 0) is 43.5 Å². The highest BCUT2D eigenvalue weighted by molar-refractivity contribution is 7.12. The highest BCUT2D eigenvalue weighted by atomic mass is 35.5. The number of rotatable bonds is 5.